The van der Waals surface area contributed by atoms with Crippen molar-refractivity contribution in [2.45, 2.75) is 19.4 Å². The maximum atomic E-state index is 12.3. The van der Waals surface area contributed by atoms with Gasteiger partial charge in [0.2, 0.25) is 0 Å². The Balaban J connectivity index is 2.11. The van der Waals surface area contributed by atoms with Crippen LogP contribution in [0.4, 0.5) is 0 Å². The first-order valence-corrected chi connectivity index (χ1v) is 8.69. The summed E-state index contributed by atoms with van der Waals surface area (Å²) in [7, 11) is 0. The molecular weight excluding hydrogens is 426 g/mol. The second kappa shape index (κ2) is 8.82. The molecule has 1 amide bonds. The lowest BCUT2D eigenvalue weighted by molar-refractivity contribution is -0.139. The first-order valence-electron chi connectivity index (χ1n) is 7.52. The van der Waals surface area contributed by atoms with Gasteiger partial charge < -0.3 is 15.2 Å². The van der Waals surface area contributed by atoms with Crippen molar-refractivity contribution >= 4 is 45.4 Å². The molecule has 0 heterocycles. The summed E-state index contributed by atoms with van der Waals surface area (Å²) in [5.74, 6) is -1.89. The molecular formula is C18H15BrClNO5. The van der Waals surface area contributed by atoms with Crippen LogP contribution in [0.2, 0.25) is 5.02 Å². The number of ether oxygens (including phenoxy) is 1. The van der Waals surface area contributed by atoms with Gasteiger partial charge in [-0.15, -0.1) is 0 Å². The summed E-state index contributed by atoms with van der Waals surface area (Å²) in [4.78, 5) is 34.7. The average Bonchev–Trinajstić information content (AvgIpc) is 2.57. The second-order valence-electron chi connectivity index (χ2n) is 5.42. The van der Waals surface area contributed by atoms with Crippen LogP contribution in [0.3, 0.4) is 0 Å². The molecule has 2 rings (SSSR count). The van der Waals surface area contributed by atoms with Crippen molar-refractivity contribution in [1.82, 2.24) is 5.32 Å². The van der Waals surface area contributed by atoms with Gasteiger partial charge in [0.05, 0.1) is 0 Å². The zero-order valence-electron chi connectivity index (χ0n) is 13.7. The summed E-state index contributed by atoms with van der Waals surface area (Å²) in [5.41, 5.74) is 0.910. The van der Waals surface area contributed by atoms with E-state index >= 15 is 0 Å². The van der Waals surface area contributed by atoms with Gasteiger partial charge in [-0.1, -0.05) is 27.5 Å². The van der Waals surface area contributed by atoms with Crippen molar-refractivity contribution in [3.8, 4) is 5.75 Å². The number of hydrogen-bond acceptors (Lipinski definition) is 4. The molecule has 0 radical (unpaired) electrons. The predicted octanol–water partition coefficient (Wildman–Crippen LogP) is 3.45. The van der Waals surface area contributed by atoms with E-state index in [-0.39, 0.29) is 12.0 Å². The molecule has 0 aliphatic rings. The van der Waals surface area contributed by atoms with Crippen molar-refractivity contribution in [1.29, 1.82) is 0 Å². The molecule has 0 unspecified atom stereocenters. The minimum Gasteiger partial charge on any atom is -0.480 e. The molecule has 0 aliphatic heterocycles. The van der Waals surface area contributed by atoms with E-state index in [4.69, 9.17) is 16.3 Å². The number of carboxylic acid groups (broad SMARTS) is 1. The van der Waals surface area contributed by atoms with Gasteiger partial charge in [-0.05, 0) is 48.0 Å². The maximum Gasteiger partial charge on any atom is 0.326 e. The third-order valence-electron chi connectivity index (χ3n) is 3.41. The minimum atomic E-state index is -1.17. The molecule has 0 spiro atoms. The number of amides is 1. The van der Waals surface area contributed by atoms with Gasteiger partial charge in [0.25, 0.3) is 5.91 Å². The SMILES string of the molecule is CC(=O)Oc1ccc(C(=O)N[C@@H](Cc2cc(Cl)ccc2Br)C(=O)O)cc1. The van der Waals surface area contributed by atoms with E-state index in [9.17, 15) is 19.5 Å². The van der Waals surface area contributed by atoms with Gasteiger partial charge in [0.15, 0.2) is 0 Å². The molecule has 136 valence electrons. The fraction of sp³-hybridized carbons (Fsp3) is 0.167. The third kappa shape index (κ3) is 5.57. The summed E-state index contributed by atoms with van der Waals surface area (Å²) < 4.78 is 5.59. The molecule has 0 aromatic heterocycles. The summed E-state index contributed by atoms with van der Waals surface area (Å²) in [5, 5.41) is 12.4. The van der Waals surface area contributed by atoms with E-state index in [1.165, 1.54) is 31.2 Å². The zero-order valence-corrected chi connectivity index (χ0v) is 16.0. The molecule has 2 aromatic rings. The Morgan fingerprint density at radius 3 is 2.42 bits per heavy atom. The molecule has 2 aromatic carbocycles. The van der Waals surface area contributed by atoms with Crippen LogP contribution in [0, 0.1) is 0 Å². The molecule has 6 nitrogen and oxygen atoms in total. The van der Waals surface area contributed by atoms with E-state index in [0.717, 1.165) is 0 Å². The maximum absolute atomic E-state index is 12.3. The Morgan fingerprint density at radius 1 is 1.19 bits per heavy atom. The number of nitrogens with one attached hydrogen (secondary N) is 1. The number of carbonyl (C=O) groups is 3. The Morgan fingerprint density at radius 2 is 1.85 bits per heavy atom. The Labute approximate surface area is 163 Å². The topological polar surface area (TPSA) is 92.7 Å². The molecule has 0 saturated heterocycles. The monoisotopic (exact) mass is 439 g/mol. The van der Waals surface area contributed by atoms with Crippen LogP contribution in [0.15, 0.2) is 46.9 Å². The lowest BCUT2D eigenvalue weighted by Crippen LogP contribution is -2.42. The summed E-state index contributed by atoms with van der Waals surface area (Å²) in [6, 6.07) is 9.70. The van der Waals surface area contributed by atoms with Crippen molar-refractivity contribution in [2.24, 2.45) is 0 Å². The number of esters is 1. The Hall–Kier alpha value is -2.38. The van der Waals surface area contributed by atoms with E-state index in [2.05, 4.69) is 21.2 Å². The highest BCUT2D eigenvalue weighted by atomic mass is 79.9. The minimum absolute atomic E-state index is 0.0632. The van der Waals surface area contributed by atoms with E-state index in [1.54, 1.807) is 18.2 Å². The van der Waals surface area contributed by atoms with Crippen LogP contribution in [-0.4, -0.2) is 29.0 Å². The second-order valence-corrected chi connectivity index (χ2v) is 6.71. The van der Waals surface area contributed by atoms with Crippen LogP contribution in [0.5, 0.6) is 5.75 Å². The molecule has 8 heteroatoms. The largest absolute Gasteiger partial charge is 0.480 e. The molecule has 0 aliphatic carbocycles. The highest BCUT2D eigenvalue weighted by Gasteiger charge is 2.22. The number of carbonyl (C=O) groups excluding carboxylic acids is 2. The number of hydrogen-bond donors (Lipinski definition) is 2. The highest BCUT2D eigenvalue weighted by Crippen LogP contribution is 2.22. The van der Waals surface area contributed by atoms with Gasteiger partial charge >= 0.3 is 11.9 Å². The summed E-state index contributed by atoms with van der Waals surface area (Å²) >= 11 is 9.28. The summed E-state index contributed by atoms with van der Waals surface area (Å²) in [6.45, 7) is 1.27. The molecule has 2 N–H and O–H groups in total. The zero-order chi connectivity index (χ0) is 19.3. The first kappa shape index (κ1) is 19.9. The van der Waals surface area contributed by atoms with Crippen LogP contribution in [-0.2, 0) is 16.0 Å². The summed E-state index contributed by atoms with van der Waals surface area (Å²) in [6.07, 6.45) is 0.0632. The fourth-order valence-corrected chi connectivity index (χ4v) is 2.80. The van der Waals surface area contributed by atoms with Crippen molar-refractivity contribution in [2.75, 3.05) is 0 Å². The lowest BCUT2D eigenvalue weighted by atomic mass is 10.1. The molecule has 0 saturated carbocycles. The van der Waals surface area contributed by atoms with E-state index in [1.807, 2.05) is 0 Å². The highest BCUT2D eigenvalue weighted by molar-refractivity contribution is 9.10. The number of benzene rings is 2. The normalized spacial score (nSPS) is 11.5. The van der Waals surface area contributed by atoms with Crippen LogP contribution in [0.25, 0.3) is 0 Å². The van der Waals surface area contributed by atoms with Gasteiger partial charge in [0.1, 0.15) is 11.8 Å². The van der Waals surface area contributed by atoms with Crippen LogP contribution in [0.1, 0.15) is 22.8 Å². The third-order valence-corrected chi connectivity index (χ3v) is 4.42. The molecule has 1 atom stereocenters. The fourth-order valence-electron chi connectivity index (χ4n) is 2.20. The average molecular weight is 441 g/mol. The lowest BCUT2D eigenvalue weighted by Gasteiger charge is -2.16. The van der Waals surface area contributed by atoms with Gasteiger partial charge in [0, 0.05) is 28.4 Å². The van der Waals surface area contributed by atoms with E-state index in [0.29, 0.717) is 20.8 Å². The number of halogens is 2. The Kier molecular flexibility index (Phi) is 6.76. The quantitative estimate of drug-likeness (QED) is 0.530. The number of carboxylic acids is 1. The van der Waals surface area contributed by atoms with Crippen LogP contribution < -0.4 is 10.1 Å². The van der Waals surface area contributed by atoms with E-state index < -0.39 is 23.9 Å². The van der Waals surface area contributed by atoms with Crippen LogP contribution >= 0.6 is 27.5 Å². The number of rotatable bonds is 6. The molecule has 26 heavy (non-hydrogen) atoms. The predicted molar refractivity (Wildman–Crippen MR) is 99.5 cm³/mol. The Bertz CT molecular complexity index is 838. The van der Waals surface area contributed by atoms with Crippen molar-refractivity contribution in [3.63, 3.8) is 0 Å². The number of aliphatic carboxylic acids is 1. The molecule has 0 bridgehead atoms. The van der Waals surface area contributed by atoms with Gasteiger partial charge in [-0.3, -0.25) is 9.59 Å². The molecule has 0 fully saturated rings. The van der Waals surface area contributed by atoms with Crippen molar-refractivity contribution in [3.05, 3.63) is 63.1 Å². The van der Waals surface area contributed by atoms with Gasteiger partial charge in [-0.2, -0.15) is 0 Å². The standard InChI is InChI=1S/C18H15BrClNO5/c1-10(22)26-14-5-2-11(3-6-14)17(23)21-16(18(24)25)9-12-8-13(20)4-7-15(12)19/h2-8,16H,9H2,1H3,(H,21,23)(H,24,25)/t16-/m0/s1. The first-order chi connectivity index (χ1) is 12.3. The van der Waals surface area contributed by atoms with Gasteiger partial charge in [-0.25, -0.2) is 4.79 Å². The smallest absolute Gasteiger partial charge is 0.326 e. The van der Waals surface area contributed by atoms with Crippen molar-refractivity contribution < 1.29 is 24.2 Å².